The summed E-state index contributed by atoms with van der Waals surface area (Å²) in [6, 6.07) is 10.5. The molecule has 0 aliphatic carbocycles. The zero-order valence-corrected chi connectivity index (χ0v) is 42.3. The first-order valence-corrected chi connectivity index (χ1v) is 27.9. The van der Waals surface area contributed by atoms with Crippen molar-refractivity contribution < 1.29 is 80.6 Å². The Morgan fingerprint density at radius 2 is 1.37 bits per heavy atom. The number of hydrogen-bond acceptors (Lipinski definition) is 13. The van der Waals surface area contributed by atoms with Gasteiger partial charge in [0.15, 0.2) is 12.3 Å². The third kappa shape index (κ3) is 11.3. The second-order valence-corrected chi connectivity index (χ2v) is 23.6. The highest BCUT2D eigenvalue weighted by atomic mass is 32.2. The van der Waals surface area contributed by atoms with E-state index < -0.39 is 83.6 Å². The van der Waals surface area contributed by atoms with Crippen LogP contribution in [0, 0.1) is 0 Å². The molecule has 0 aromatic heterocycles. The van der Waals surface area contributed by atoms with Gasteiger partial charge < -0.3 is 24.8 Å². The zero-order chi connectivity index (χ0) is 51.8. The van der Waals surface area contributed by atoms with Crippen LogP contribution in [0.3, 0.4) is 0 Å². The van der Waals surface area contributed by atoms with Crippen LogP contribution in [0.25, 0.3) is 21.5 Å². The second kappa shape index (κ2) is 20.5. The number of anilines is 1. The number of amides is 1. The summed E-state index contributed by atoms with van der Waals surface area (Å²) >= 11 is 0. The van der Waals surface area contributed by atoms with Gasteiger partial charge in [-0.25, -0.2) is 0 Å². The van der Waals surface area contributed by atoms with Crippen LogP contribution >= 0.6 is 0 Å². The molecule has 1 amide bonds. The first kappa shape index (κ1) is 54.2. The Hall–Kier alpha value is -5.15. The number of fused-ring (bicyclic) bond motifs is 6. The van der Waals surface area contributed by atoms with Crippen LogP contribution in [0.4, 0.5) is 11.4 Å². The second-order valence-electron chi connectivity index (χ2n) is 17.8. The van der Waals surface area contributed by atoms with Crippen LogP contribution < -0.4 is 10.2 Å². The molecule has 70 heavy (non-hydrogen) atoms. The number of rotatable bonds is 22. The average Bonchev–Trinajstić information content (AvgIpc) is 3.62. The number of unbranched alkanes of at least 4 members (excludes halogenated alkanes) is 2. The number of allylic oxidation sites excluding steroid dienone is 4. The monoisotopic (exact) mass is 1050 g/mol. The molecule has 20 nitrogen and oxygen atoms in total. The van der Waals surface area contributed by atoms with E-state index in [0.29, 0.717) is 71.2 Å². The lowest BCUT2D eigenvalue weighted by Crippen LogP contribution is -2.33. The van der Waals surface area contributed by atoms with E-state index in [1.807, 2.05) is 23.3 Å². The van der Waals surface area contributed by atoms with Crippen molar-refractivity contribution in [3.05, 3.63) is 89.1 Å². The molecule has 1 unspecified atom stereocenters. The molecule has 4 aromatic rings. The Morgan fingerprint density at radius 1 is 0.743 bits per heavy atom. The predicted octanol–water partition coefficient (Wildman–Crippen LogP) is 5.66. The molecule has 2 aliphatic heterocycles. The minimum Gasteiger partial charge on any atom is -0.481 e. The standard InChI is InChI=1S/C46H55N3O17S4/c1-45(2)39(48(20-8-6-7-13-41(50)51)36-17-15-32-34(42(36)45)26-30(69(59,60)61)28-38(32)70(62,63)64)11-9-12-40-46(3,18-10-24-67(53,54)55)43-33-25-29(68(56,57)58)27-35(44(52)47-19-22-65-4)31(33)14-16-37(43)49(40)21-23-66-5/h9,11-12,14-17,25-28H,6-8,10,13,18-24H2,1-5H3,(H5-,47,50,51,52,53,54,55,56,57,58,59,60,61,62,63,64)/p+1. The van der Waals surface area contributed by atoms with Crippen molar-refractivity contribution >= 4 is 91.0 Å². The van der Waals surface area contributed by atoms with Crippen molar-refractivity contribution in [2.24, 2.45) is 0 Å². The van der Waals surface area contributed by atoms with E-state index in [1.165, 1.54) is 26.4 Å². The van der Waals surface area contributed by atoms with E-state index >= 15 is 0 Å². The van der Waals surface area contributed by atoms with Gasteiger partial charge >= 0.3 is 5.97 Å². The van der Waals surface area contributed by atoms with E-state index in [1.54, 1.807) is 43.4 Å². The van der Waals surface area contributed by atoms with Crippen molar-refractivity contribution in [1.82, 2.24) is 5.32 Å². The third-order valence-electron chi connectivity index (χ3n) is 12.8. The molecule has 0 fully saturated rings. The molecule has 380 valence electrons. The van der Waals surface area contributed by atoms with Crippen LogP contribution in [0.2, 0.25) is 0 Å². The van der Waals surface area contributed by atoms with Gasteiger partial charge in [-0.15, -0.1) is 0 Å². The molecule has 0 bridgehead atoms. The summed E-state index contributed by atoms with van der Waals surface area (Å²) < 4.78 is 153. The fourth-order valence-electron chi connectivity index (χ4n) is 9.71. The summed E-state index contributed by atoms with van der Waals surface area (Å²) in [5.74, 6) is -2.25. The van der Waals surface area contributed by atoms with E-state index in [9.17, 15) is 66.6 Å². The summed E-state index contributed by atoms with van der Waals surface area (Å²) in [6.07, 6.45) is 6.52. The lowest BCUT2D eigenvalue weighted by molar-refractivity contribution is -0.441. The molecule has 0 saturated heterocycles. The highest BCUT2D eigenvalue weighted by molar-refractivity contribution is 7.87. The quantitative estimate of drug-likeness (QED) is 0.0314. The Bertz CT molecular complexity index is 3330. The van der Waals surface area contributed by atoms with Crippen LogP contribution in [0.15, 0.2) is 87.1 Å². The largest absolute Gasteiger partial charge is 0.481 e. The normalized spacial score (nSPS) is 17.8. The fraction of sp³-hybridized carbons (Fsp3) is 0.413. The van der Waals surface area contributed by atoms with Gasteiger partial charge in [0.05, 0.1) is 27.6 Å². The van der Waals surface area contributed by atoms with Crippen molar-refractivity contribution in [3.63, 3.8) is 0 Å². The number of nitrogens with zero attached hydrogens (tertiary/aromatic N) is 2. The fourth-order valence-corrected chi connectivity index (χ4v) is 12.1. The van der Waals surface area contributed by atoms with E-state index in [-0.39, 0.29) is 67.3 Å². The van der Waals surface area contributed by atoms with Gasteiger partial charge in [0.1, 0.15) is 11.5 Å². The number of nitrogens with one attached hydrogen (secondary N) is 1. The van der Waals surface area contributed by atoms with Gasteiger partial charge in [0.25, 0.3) is 46.4 Å². The molecule has 0 spiro atoms. The van der Waals surface area contributed by atoms with Crippen molar-refractivity contribution in [1.29, 1.82) is 0 Å². The summed E-state index contributed by atoms with van der Waals surface area (Å²) in [6.45, 7) is 6.33. The predicted molar refractivity (Wildman–Crippen MR) is 260 cm³/mol. The van der Waals surface area contributed by atoms with Gasteiger partial charge in [-0.05, 0) is 96.8 Å². The molecular formula is C46H56N3O17S4+. The Balaban J connectivity index is 1.60. The summed E-state index contributed by atoms with van der Waals surface area (Å²) in [7, 11) is -16.5. The van der Waals surface area contributed by atoms with Crippen LogP contribution in [0.1, 0.15) is 80.8 Å². The molecule has 2 heterocycles. The first-order chi connectivity index (χ1) is 32.6. The molecule has 4 aromatic carbocycles. The maximum absolute atomic E-state index is 13.7. The van der Waals surface area contributed by atoms with Gasteiger partial charge in [0.2, 0.25) is 5.69 Å². The maximum atomic E-state index is 13.7. The summed E-state index contributed by atoms with van der Waals surface area (Å²) in [4.78, 5) is 24.8. The molecule has 0 radical (unpaired) electrons. The average molecular weight is 1050 g/mol. The Morgan fingerprint density at radius 3 is 1.97 bits per heavy atom. The molecule has 0 saturated carbocycles. The minimum atomic E-state index is -5.03. The SMILES string of the molecule is COCCNC(=O)c1cc(S(=O)(=O)O)cc2c3c(ccc12)[N+](CCOC)=C(/C=C/C=C1/N(CCCCCC(=O)O)c2ccc4c(S(=O)(=O)O)cc(S(=O)(=O)O)cc4c2C1(C)C)C3(C)CCCS(=O)(=O)O. The zero-order valence-electron chi connectivity index (χ0n) is 39.0. The number of methoxy groups -OCH3 is 2. The number of carbonyl (C=O) groups excluding carboxylic acids is 1. The van der Waals surface area contributed by atoms with Crippen LogP contribution in [0.5, 0.6) is 0 Å². The van der Waals surface area contributed by atoms with Crippen LogP contribution in [-0.4, -0.2) is 132 Å². The number of hydrogen-bond donors (Lipinski definition) is 6. The van der Waals surface area contributed by atoms with E-state index in [0.717, 1.165) is 12.1 Å². The maximum Gasteiger partial charge on any atom is 0.303 e. The molecule has 1 atom stereocenters. The van der Waals surface area contributed by atoms with Gasteiger partial charge in [0, 0.05) is 79.2 Å². The molecule has 2 aliphatic rings. The number of carbonyl (C=O) groups is 2. The van der Waals surface area contributed by atoms with Crippen LogP contribution in [-0.2, 0) is 65.6 Å². The summed E-state index contributed by atoms with van der Waals surface area (Å²) in [5, 5.41) is 12.6. The van der Waals surface area contributed by atoms with Gasteiger partial charge in [-0.2, -0.15) is 38.2 Å². The number of benzene rings is 4. The van der Waals surface area contributed by atoms with Crippen molar-refractivity contribution in [2.45, 2.75) is 84.8 Å². The Labute approximate surface area is 406 Å². The van der Waals surface area contributed by atoms with Crippen molar-refractivity contribution in [3.8, 4) is 0 Å². The number of carboxylic acid groups (broad SMARTS) is 1. The number of aliphatic carboxylic acids is 1. The van der Waals surface area contributed by atoms with E-state index in [2.05, 4.69) is 5.32 Å². The van der Waals surface area contributed by atoms with Gasteiger partial charge in [-0.1, -0.05) is 32.4 Å². The topological polar surface area (TPSA) is 309 Å². The number of carboxylic acids is 1. The Kier molecular flexibility index (Phi) is 15.9. The highest BCUT2D eigenvalue weighted by Gasteiger charge is 2.49. The molecule has 24 heteroatoms. The van der Waals surface area contributed by atoms with E-state index in [4.69, 9.17) is 9.47 Å². The molecule has 6 rings (SSSR count). The molecular weight excluding hydrogens is 995 g/mol. The lowest BCUT2D eigenvalue weighted by atomic mass is 9.73. The lowest BCUT2D eigenvalue weighted by Gasteiger charge is -2.27. The van der Waals surface area contributed by atoms with Gasteiger partial charge in [-0.3, -0.25) is 27.8 Å². The molecule has 6 N–H and O–H groups in total. The number of ether oxygens (including phenoxy) is 2. The van der Waals surface area contributed by atoms with Crippen molar-refractivity contribution in [2.75, 3.05) is 57.7 Å². The first-order valence-electron chi connectivity index (χ1n) is 22.0. The highest BCUT2D eigenvalue weighted by Crippen LogP contribution is 2.52. The third-order valence-corrected chi connectivity index (χ3v) is 16.1. The summed E-state index contributed by atoms with van der Waals surface area (Å²) in [5.41, 5.74) is 0.798. The smallest absolute Gasteiger partial charge is 0.303 e. The minimum absolute atomic E-state index is 0.0198.